The van der Waals surface area contributed by atoms with Crippen LogP contribution in [0.25, 0.3) is 0 Å². The zero-order valence-electron chi connectivity index (χ0n) is 14.0. The van der Waals surface area contributed by atoms with Crippen molar-refractivity contribution < 1.29 is 4.74 Å². The zero-order valence-corrected chi connectivity index (χ0v) is 14.0. The van der Waals surface area contributed by atoms with Crippen LogP contribution in [-0.2, 0) is 4.74 Å². The van der Waals surface area contributed by atoms with Gasteiger partial charge in [0.25, 0.3) is 0 Å². The molecule has 1 heterocycles. The van der Waals surface area contributed by atoms with E-state index in [9.17, 15) is 0 Å². The molecule has 1 saturated carbocycles. The first-order chi connectivity index (χ1) is 9.47. The number of nitrogens with zero attached hydrogens (tertiary/aromatic N) is 1. The van der Waals surface area contributed by atoms with Crippen molar-refractivity contribution in [3.05, 3.63) is 0 Å². The highest BCUT2D eigenvalue weighted by atomic mass is 16.5. The normalized spacial score (nSPS) is 30.6. The predicted octanol–water partition coefficient (Wildman–Crippen LogP) is 3.04. The molecule has 3 nitrogen and oxygen atoms in total. The summed E-state index contributed by atoms with van der Waals surface area (Å²) in [5, 5.41) is 3.70. The van der Waals surface area contributed by atoms with Crippen molar-refractivity contribution in [3.8, 4) is 0 Å². The van der Waals surface area contributed by atoms with E-state index in [1.807, 2.05) is 0 Å². The summed E-state index contributed by atoms with van der Waals surface area (Å²) in [5.74, 6) is 0. The van der Waals surface area contributed by atoms with Crippen LogP contribution < -0.4 is 5.32 Å². The highest BCUT2D eigenvalue weighted by molar-refractivity contribution is 4.90. The second-order valence-corrected chi connectivity index (χ2v) is 7.80. The number of ether oxygens (including phenoxy) is 1. The first-order valence-corrected chi connectivity index (χ1v) is 8.56. The van der Waals surface area contributed by atoms with E-state index in [1.165, 1.54) is 32.1 Å². The van der Waals surface area contributed by atoms with Gasteiger partial charge >= 0.3 is 0 Å². The van der Waals surface area contributed by atoms with E-state index < -0.39 is 0 Å². The van der Waals surface area contributed by atoms with Crippen LogP contribution in [0.5, 0.6) is 0 Å². The van der Waals surface area contributed by atoms with Crippen molar-refractivity contribution in [1.29, 1.82) is 0 Å². The van der Waals surface area contributed by atoms with Gasteiger partial charge in [0, 0.05) is 31.7 Å². The standard InChI is InChI=1S/C17H34N2O/c1-14-12-18-16(17(2,3)4)13-19(14)10-11-20-15-8-6-5-7-9-15/h14-16,18H,5-13H2,1-4H3. The topological polar surface area (TPSA) is 24.5 Å². The summed E-state index contributed by atoms with van der Waals surface area (Å²) < 4.78 is 6.09. The third kappa shape index (κ3) is 4.71. The van der Waals surface area contributed by atoms with Crippen molar-refractivity contribution in [2.75, 3.05) is 26.2 Å². The number of piperazine rings is 1. The Kier molecular flexibility index (Phi) is 5.88. The molecule has 0 aromatic carbocycles. The third-order valence-electron chi connectivity index (χ3n) is 5.03. The van der Waals surface area contributed by atoms with Gasteiger partial charge in [-0.15, -0.1) is 0 Å². The van der Waals surface area contributed by atoms with Crippen LogP contribution in [0.2, 0.25) is 0 Å². The van der Waals surface area contributed by atoms with E-state index in [4.69, 9.17) is 4.74 Å². The highest BCUT2D eigenvalue weighted by Gasteiger charge is 2.32. The average molecular weight is 282 g/mol. The predicted molar refractivity (Wildman–Crippen MR) is 85.1 cm³/mol. The fraction of sp³-hybridized carbons (Fsp3) is 1.00. The summed E-state index contributed by atoms with van der Waals surface area (Å²) in [6, 6.07) is 1.22. The summed E-state index contributed by atoms with van der Waals surface area (Å²) >= 11 is 0. The van der Waals surface area contributed by atoms with Crippen molar-refractivity contribution in [1.82, 2.24) is 10.2 Å². The number of nitrogens with one attached hydrogen (secondary N) is 1. The molecule has 3 heteroatoms. The van der Waals surface area contributed by atoms with Gasteiger partial charge in [0.2, 0.25) is 0 Å². The molecule has 0 bridgehead atoms. The molecule has 1 N–H and O–H groups in total. The summed E-state index contributed by atoms with van der Waals surface area (Å²) in [5.41, 5.74) is 0.336. The van der Waals surface area contributed by atoms with Crippen molar-refractivity contribution >= 4 is 0 Å². The molecule has 2 atom stereocenters. The maximum absolute atomic E-state index is 6.09. The molecule has 1 aliphatic carbocycles. The minimum absolute atomic E-state index is 0.336. The first kappa shape index (κ1) is 16.3. The molecule has 2 fully saturated rings. The van der Waals surface area contributed by atoms with E-state index in [2.05, 4.69) is 37.9 Å². The molecule has 1 aliphatic heterocycles. The summed E-state index contributed by atoms with van der Waals surface area (Å²) in [6.45, 7) is 13.6. The third-order valence-corrected chi connectivity index (χ3v) is 5.03. The van der Waals surface area contributed by atoms with E-state index in [0.717, 1.165) is 26.2 Å². The molecule has 2 rings (SSSR count). The maximum atomic E-state index is 6.09. The average Bonchev–Trinajstić information content (AvgIpc) is 2.41. The van der Waals surface area contributed by atoms with Crippen LogP contribution in [0.15, 0.2) is 0 Å². The first-order valence-electron chi connectivity index (χ1n) is 8.56. The van der Waals surface area contributed by atoms with Crippen molar-refractivity contribution in [3.63, 3.8) is 0 Å². The van der Waals surface area contributed by atoms with Gasteiger partial charge in [0.05, 0.1) is 12.7 Å². The van der Waals surface area contributed by atoms with Crippen LogP contribution in [0.1, 0.15) is 59.8 Å². The molecule has 0 aromatic rings. The lowest BCUT2D eigenvalue weighted by molar-refractivity contribution is 0.000389. The zero-order chi connectivity index (χ0) is 14.6. The summed E-state index contributed by atoms with van der Waals surface area (Å²) in [4.78, 5) is 2.61. The van der Waals surface area contributed by atoms with Gasteiger partial charge in [-0.2, -0.15) is 0 Å². The van der Waals surface area contributed by atoms with Gasteiger partial charge in [-0.25, -0.2) is 0 Å². The second-order valence-electron chi connectivity index (χ2n) is 7.80. The molecule has 0 spiro atoms. The molecule has 2 aliphatic rings. The molecular weight excluding hydrogens is 248 g/mol. The maximum Gasteiger partial charge on any atom is 0.0597 e. The van der Waals surface area contributed by atoms with Crippen LogP contribution in [-0.4, -0.2) is 49.3 Å². The monoisotopic (exact) mass is 282 g/mol. The SMILES string of the molecule is CC1CNC(C(C)(C)C)CN1CCOC1CCCCC1. The Labute approximate surface area is 125 Å². The Hall–Kier alpha value is -0.120. The van der Waals surface area contributed by atoms with E-state index in [0.29, 0.717) is 23.6 Å². The molecule has 0 aromatic heterocycles. The van der Waals surface area contributed by atoms with Gasteiger partial charge in [0.15, 0.2) is 0 Å². The van der Waals surface area contributed by atoms with Crippen LogP contribution >= 0.6 is 0 Å². The van der Waals surface area contributed by atoms with Gasteiger partial charge in [-0.05, 0) is 25.2 Å². The fourth-order valence-electron chi connectivity index (χ4n) is 3.38. The summed E-state index contributed by atoms with van der Waals surface area (Å²) in [6.07, 6.45) is 7.23. The molecule has 0 radical (unpaired) electrons. The highest BCUT2D eigenvalue weighted by Crippen LogP contribution is 2.24. The minimum Gasteiger partial charge on any atom is -0.377 e. The fourth-order valence-corrected chi connectivity index (χ4v) is 3.38. The summed E-state index contributed by atoms with van der Waals surface area (Å²) in [7, 11) is 0. The smallest absolute Gasteiger partial charge is 0.0597 e. The van der Waals surface area contributed by atoms with Crippen LogP contribution in [0, 0.1) is 5.41 Å². The molecule has 2 unspecified atom stereocenters. The second kappa shape index (κ2) is 7.24. The van der Waals surface area contributed by atoms with E-state index >= 15 is 0 Å². The number of hydrogen-bond acceptors (Lipinski definition) is 3. The number of rotatable bonds is 4. The lowest BCUT2D eigenvalue weighted by Gasteiger charge is -2.44. The van der Waals surface area contributed by atoms with Gasteiger partial charge in [-0.3, -0.25) is 4.90 Å². The van der Waals surface area contributed by atoms with Gasteiger partial charge in [-0.1, -0.05) is 40.0 Å². The molecule has 20 heavy (non-hydrogen) atoms. The van der Waals surface area contributed by atoms with Crippen LogP contribution in [0.3, 0.4) is 0 Å². The number of hydrogen-bond donors (Lipinski definition) is 1. The largest absolute Gasteiger partial charge is 0.377 e. The van der Waals surface area contributed by atoms with Crippen molar-refractivity contribution in [2.45, 2.75) is 78.0 Å². The Balaban J connectivity index is 1.72. The van der Waals surface area contributed by atoms with Crippen molar-refractivity contribution in [2.24, 2.45) is 5.41 Å². The lowest BCUT2D eigenvalue weighted by atomic mass is 9.85. The molecule has 118 valence electrons. The molecule has 1 saturated heterocycles. The van der Waals surface area contributed by atoms with E-state index in [1.54, 1.807) is 0 Å². The van der Waals surface area contributed by atoms with Gasteiger partial charge < -0.3 is 10.1 Å². The quantitative estimate of drug-likeness (QED) is 0.858. The lowest BCUT2D eigenvalue weighted by Crippen LogP contribution is -2.59. The minimum atomic E-state index is 0.336. The Bertz CT molecular complexity index is 281. The van der Waals surface area contributed by atoms with E-state index in [-0.39, 0.29) is 0 Å². The van der Waals surface area contributed by atoms with Gasteiger partial charge in [0.1, 0.15) is 0 Å². The Morgan fingerprint density at radius 3 is 2.50 bits per heavy atom. The Morgan fingerprint density at radius 2 is 1.85 bits per heavy atom. The molecule has 0 amide bonds. The van der Waals surface area contributed by atoms with Crippen LogP contribution in [0.4, 0.5) is 0 Å². The molecular formula is C17H34N2O. The Morgan fingerprint density at radius 1 is 1.15 bits per heavy atom.